The molecule has 6 heteroatoms. The zero-order valence-corrected chi connectivity index (χ0v) is 11.4. The number of aliphatic hydroxyl groups excluding tert-OH is 1. The molecule has 0 spiro atoms. The summed E-state index contributed by atoms with van der Waals surface area (Å²) < 4.78 is 11.1. The Morgan fingerprint density at radius 2 is 1.95 bits per heavy atom. The molecule has 1 heterocycles. The van der Waals surface area contributed by atoms with Gasteiger partial charge in [0.1, 0.15) is 0 Å². The summed E-state index contributed by atoms with van der Waals surface area (Å²) in [5.74, 6) is 1.59. The minimum absolute atomic E-state index is 0.0403. The van der Waals surface area contributed by atoms with Crippen LogP contribution < -0.4 is 15.2 Å². The van der Waals surface area contributed by atoms with E-state index >= 15 is 0 Å². The first-order valence-electron chi connectivity index (χ1n) is 6.49. The van der Waals surface area contributed by atoms with Gasteiger partial charge in [0.2, 0.25) is 17.7 Å². The summed E-state index contributed by atoms with van der Waals surface area (Å²) in [4.78, 5) is 8.01. The molecule has 1 aromatic rings. The number of rotatable bonds is 7. The van der Waals surface area contributed by atoms with Crippen LogP contribution in [0.2, 0.25) is 0 Å². The lowest BCUT2D eigenvalue weighted by molar-refractivity contribution is 0.0949. The highest BCUT2D eigenvalue weighted by molar-refractivity contribution is 5.29. The van der Waals surface area contributed by atoms with Gasteiger partial charge in [0, 0.05) is 5.41 Å². The molecule has 106 valence electrons. The van der Waals surface area contributed by atoms with Crippen LogP contribution in [0, 0.1) is 11.3 Å². The Hall–Kier alpha value is -1.56. The summed E-state index contributed by atoms with van der Waals surface area (Å²) in [5.41, 5.74) is 5.30. The van der Waals surface area contributed by atoms with E-state index in [-0.39, 0.29) is 18.0 Å². The molecule has 6 nitrogen and oxygen atoms in total. The molecule has 0 unspecified atom stereocenters. The van der Waals surface area contributed by atoms with E-state index in [1.807, 2.05) is 13.8 Å². The number of nitrogens with zero attached hydrogens (tertiary/aromatic N) is 2. The van der Waals surface area contributed by atoms with Crippen LogP contribution in [0.1, 0.15) is 26.7 Å². The maximum Gasteiger partial charge on any atom is 0.226 e. The van der Waals surface area contributed by atoms with E-state index in [9.17, 15) is 5.11 Å². The summed E-state index contributed by atoms with van der Waals surface area (Å²) in [7, 11) is 0. The fourth-order valence-electron chi connectivity index (χ4n) is 1.37. The van der Waals surface area contributed by atoms with E-state index in [0.717, 1.165) is 0 Å². The van der Waals surface area contributed by atoms with Crippen molar-refractivity contribution in [2.24, 2.45) is 11.3 Å². The van der Waals surface area contributed by atoms with Gasteiger partial charge in [-0.05, 0) is 18.8 Å². The monoisotopic (exact) mass is 267 g/mol. The largest absolute Gasteiger partial charge is 0.477 e. The van der Waals surface area contributed by atoms with E-state index in [1.54, 1.807) is 6.07 Å². The number of anilines is 1. The average Bonchev–Trinajstić information content (AvgIpc) is 3.18. The van der Waals surface area contributed by atoms with Gasteiger partial charge in [-0.15, -0.1) is 0 Å². The number of aromatic nitrogens is 2. The molecule has 3 N–H and O–H groups in total. The van der Waals surface area contributed by atoms with Crippen LogP contribution in [0.15, 0.2) is 6.07 Å². The van der Waals surface area contributed by atoms with Crippen molar-refractivity contribution in [3.05, 3.63) is 6.07 Å². The SMILES string of the molecule is CC(C)(CO)COc1cc(OCC2CC2)nc(N)n1. The standard InChI is InChI=1S/C13H21N3O3/c1-13(2,7-17)8-19-11-5-10(15-12(14)16-11)18-6-9-3-4-9/h5,9,17H,3-4,6-8H2,1-2H3,(H2,14,15,16). The molecule has 19 heavy (non-hydrogen) atoms. The molecule has 0 radical (unpaired) electrons. The van der Waals surface area contributed by atoms with Crippen molar-refractivity contribution >= 4 is 5.95 Å². The molecule has 1 aliphatic rings. The van der Waals surface area contributed by atoms with Crippen molar-refractivity contribution in [1.82, 2.24) is 9.97 Å². The molecular formula is C13H21N3O3. The highest BCUT2D eigenvalue weighted by atomic mass is 16.5. The van der Waals surface area contributed by atoms with Gasteiger partial charge in [-0.1, -0.05) is 13.8 Å². The predicted molar refractivity (Wildman–Crippen MR) is 71.0 cm³/mol. The minimum atomic E-state index is -0.325. The van der Waals surface area contributed by atoms with E-state index in [1.165, 1.54) is 12.8 Å². The van der Waals surface area contributed by atoms with Crippen LogP contribution >= 0.6 is 0 Å². The Bertz CT molecular complexity index is 433. The number of ether oxygens (including phenoxy) is 2. The predicted octanol–water partition coefficient (Wildman–Crippen LogP) is 1.24. The molecule has 1 fully saturated rings. The van der Waals surface area contributed by atoms with Crippen molar-refractivity contribution < 1.29 is 14.6 Å². The van der Waals surface area contributed by atoms with E-state index in [4.69, 9.17) is 15.2 Å². The lowest BCUT2D eigenvalue weighted by Gasteiger charge is -2.21. The van der Waals surface area contributed by atoms with Crippen LogP contribution in [0.25, 0.3) is 0 Å². The smallest absolute Gasteiger partial charge is 0.226 e. The summed E-state index contributed by atoms with van der Waals surface area (Å²) in [5, 5.41) is 9.17. The highest BCUT2D eigenvalue weighted by Gasteiger charge is 2.22. The van der Waals surface area contributed by atoms with Gasteiger partial charge in [-0.2, -0.15) is 9.97 Å². The van der Waals surface area contributed by atoms with Crippen molar-refractivity contribution in [2.75, 3.05) is 25.6 Å². The summed E-state index contributed by atoms with van der Waals surface area (Å²) >= 11 is 0. The molecule has 1 saturated carbocycles. The Morgan fingerprint density at radius 1 is 1.32 bits per heavy atom. The van der Waals surface area contributed by atoms with Gasteiger partial charge >= 0.3 is 0 Å². The van der Waals surface area contributed by atoms with Gasteiger partial charge in [0.15, 0.2) is 0 Å². The molecular weight excluding hydrogens is 246 g/mol. The highest BCUT2D eigenvalue weighted by Crippen LogP contribution is 2.29. The van der Waals surface area contributed by atoms with Gasteiger partial charge < -0.3 is 20.3 Å². The molecule has 0 saturated heterocycles. The van der Waals surface area contributed by atoms with Gasteiger partial charge in [-0.3, -0.25) is 0 Å². The third-order valence-corrected chi connectivity index (χ3v) is 2.90. The molecule has 2 rings (SSSR count). The summed E-state index contributed by atoms with van der Waals surface area (Å²) in [6.45, 7) is 4.86. The topological polar surface area (TPSA) is 90.5 Å². The maximum atomic E-state index is 9.17. The Kier molecular flexibility index (Phi) is 4.09. The lowest BCUT2D eigenvalue weighted by atomic mass is 9.97. The van der Waals surface area contributed by atoms with Gasteiger partial charge in [0.05, 0.1) is 25.9 Å². The van der Waals surface area contributed by atoms with Crippen molar-refractivity contribution in [2.45, 2.75) is 26.7 Å². The average molecular weight is 267 g/mol. The first-order chi connectivity index (χ1) is 8.98. The number of nitrogens with two attached hydrogens (primary N) is 1. The molecule has 1 aliphatic carbocycles. The van der Waals surface area contributed by atoms with Crippen LogP contribution in [0.4, 0.5) is 5.95 Å². The molecule has 0 bridgehead atoms. The Labute approximate surface area is 113 Å². The minimum Gasteiger partial charge on any atom is -0.477 e. The van der Waals surface area contributed by atoms with E-state index in [0.29, 0.717) is 30.9 Å². The second kappa shape index (κ2) is 5.61. The number of hydrogen-bond donors (Lipinski definition) is 2. The lowest BCUT2D eigenvalue weighted by Crippen LogP contribution is -2.25. The van der Waals surface area contributed by atoms with Crippen LogP contribution in [-0.4, -0.2) is 34.9 Å². The van der Waals surface area contributed by atoms with Crippen molar-refractivity contribution in [3.63, 3.8) is 0 Å². The first-order valence-corrected chi connectivity index (χ1v) is 6.49. The molecule has 0 aliphatic heterocycles. The third-order valence-electron chi connectivity index (χ3n) is 2.90. The maximum absolute atomic E-state index is 9.17. The van der Waals surface area contributed by atoms with Crippen molar-refractivity contribution in [3.8, 4) is 11.8 Å². The Balaban J connectivity index is 1.95. The van der Waals surface area contributed by atoms with Gasteiger partial charge in [-0.25, -0.2) is 0 Å². The van der Waals surface area contributed by atoms with Crippen molar-refractivity contribution in [1.29, 1.82) is 0 Å². The first kappa shape index (κ1) is 13.9. The molecule has 0 atom stereocenters. The normalized spacial score (nSPS) is 15.3. The zero-order chi connectivity index (χ0) is 13.9. The van der Waals surface area contributed by atoms with Crippen LogP contribution in [0.5, 0.6) is 11.8 Å². The molecule has 0 aromatic carbocycles. The molecule has 0 amide bonds. The number of hydrogen-bond acceptors (Lipinski definition) is 6. The van der Waals surface area contributed by atoms with Gasteiger partial charge in [0.25, 0.3) is 0 Å². The summed E-state index contributed by atoms with van der Waals surface area (Å²) in [6.07, 6.45) is 2.43. The van der Waals surface area contributed by atoms with E-state index in [2.05, 4.69) is 9.97 Å². The third kappa shape index (κ3) is 4.55. The van der Waals surface area contributed by atoms with E-state index < -0.39 is 0 Å². The fraction of sp³-hybridized carbons (Fsp3) is 0.692. The Morgan fingerprint density at radius 3 is 2.53 bits per heavy atom. The second-order valence-corrected chi connectivity index (χ2v) is 5.77. The quantitative estimate of drug-likeness (QED) is 0.772. The second-order valence-electron chi connectivity index (χ2n) is 5.77. The summed E-state index contributed by atoms with van der Waals surface area (Å²) in [6, 6.07) is 1.63. The fourth-order valence-corrected chi connectivity index (χ4v) is 1.37. The number of nitrogen functional groups attached to an aromatic ring is 1. The van der Waals surface area contributed by atoms with Crippen LogP contribution in [0.3, 0.4) is 0 Å². The van der Waals surface area contributed by atoms with Crippen LogP contribution in [-0.2, 0) is 0 Å². The molecule has 1 aromatic heterocycles. The number of aliphatic hydroxyl groups is 1. The zero-order valence-electron chi connectivity index (χ0n) is 11.4.